The SMILES string of the molecule is CCn1ncnc1CC(=O)CC1CCNCC1. The topological polar surface area (TPSA) is 59.8 Å². The van der Waals surface area contributed by atoms with E-state index >= 15 is 0 Å². The van der Waals surface area contributed by atoms with Crippen LogP contribution in [0.4, 0.5) is 0 Å². The Labute approximate surface area is 102 Å². The third-order valence-electron chi connectivity index (χ3n) is 3.33. The van der Waals surface area contributed by atoms with Crippen LogP contribution in [0.2, 0.25) is 0 Å². The molecule has 1 aromatic rings. The third kappa shape index (κ3) is 3.36. The average molecular weight is 236 g/mol. The first-order valence-electron chi connectivity index (χ1n) is 6.38. The maximum Gasteiger partial charge on any atom is 0.140 e. The van der Waals surface area contributed by atoms with Crippen molar-refractivity contribution in [2.75, 3.05) is 13.1 Å². The Balaban J connectivity index is 1.84. The number of aryl methyl sites for hydroxylation is 1. The van der Waals surface area contributed by atoms with Gasteiger partial charge in [-0.1, -0.05) is 0 Å². The van der Waals surface area contributed by atoms with Crippen LogP contribution >= 0.6 is 0 Å². The van der Waals surface area contributed by atoms with Gasteiger partial charge in [0.05, 0.1) is 6.42 Å². The van der Waals surface area contributed by atoms with Crippen LogP contribution in [-0.4, -0.2) is 33.6 Å². The minimum absolute atomic E-state index is 0.291. The van der Waals surface area contributed by atoms with Gasteiger partial charge in [0.25, 0.3) is 0 Å². The summed E-state index contributed by atoms with van der Waals surface area (Å²) in [4.78, 5) is 16.1. The zero-order chi connectivity index (χ0) is 12.1. The molecule has 1 aromatic heterocycles. The molecule has 1 N–H and O–H groups in total. The second-order valence-corrected chi connectivity index (χ2v) is 4.60. The van der Waals surface area contributed by atoms with Gasteiger partial charge in [0.1, 0.15) is 17.9 Å². The molecule has 0 aliphatic carbocycles. The molecule has 1 fully saturated rings. The van der Waals surface area contributed by atoms with E-state index in [0.717, 1.165) is 38.3 Å². The zero-order valence-corrected chi connectivity index (χ0v) is 10.4. The fourth-order valence-corrected chi connectivity index (χ4v) is 2.35. The van der Waals surface area contributed by atoms with Crippen molar-refractivity contribution >= 4 is 5.78 Å². The van der Waals surface area contributed by atoms with E-state index in [1.807, 2.05) is 6.92 Å². The predicted octanol–water partition coefficient (Wildman–Crippen LogP) is 0.799. The summed E-state index contributed by atoms with van der Waals surface area (Å²) in [6, 6.07) is 0. The number of Topliss-reactive ketones (excluding diaryl/α,β-unsaturated/α-hetero) is 1. The minimum Gasteiger partial charge on any atom is -0.317 e. The molecule has 1 aliphatic rings. The summed E-state index contributed by atoms with van der Waals surface area (Å²) in [5, 5.41) is 7.39. The Kier molecular flexibility index (Phi) is 4.25. The molecule has 1 saturated heterocycles. The van der Waals surface area contributed by atoms with E-state index in [2.05, 4.69) is 15.4 Å². The van der Waals surface area contributed by atoms with Crippen LogP contribution in [0, 0.1) is 5.92 Å². The summed E-state index contributed by atoms with van der Waals surface area (Å²) >= 11 is 0. The number of ketones is 1. The first-order chi connectivity index (χ1) is 8.29. The molecule has 17 heavy (non-hydrogen) atoms. The van der Waals surface area contributed by atoms with Crippen molar-refractivity contribution in [3.63, 3.8) is 0 Å². The van der Waals surface area contributed by atoms with Gasteiger partial charge in [-0.3, -0.25) is 4.79 Å². The van der Waals surface area contributed by atoms with Crippen LogP contribution in [0.3, 0.4) is 0 Å². The zero-order valence-electron chi connectivity index (χ0n) is 10.4. The molecular weight excluding hydrogens is 216 g/mol. The lowest BCUT2D eigenvalue weighted by atomic mass is 9.92. The Morgan fingerprint density at radius 2 is 2.29 bits per heavy atom. The third-order valence-corrected chi connectivity index (χ3v) is 3.33. The molecule has 5 heteroatoms. The standard InChI is InChI=1S/C12H20N4O/c1-2-16-12(14-9-15-16)8-11(17)7-10-3-5-13-6-4-10/h9-10,13H,2-8H2,1H3. The Morgan fingerprint density at radius 1 is 1.53 bits per heavy atom. The summed E-state index contributed by atoms with van der Waals surface area (Å²) in [6.07, 6.45) is 4.88. The van der Waals surface area contributed by atoms with Gasteiger partial charge in [-0.05, 0) is 38.8 Å². The lowest BCUT2D eigenvalue weighted by Crippen LogP contribution is -2.29. The van der Waals surface area contributed by atoms with E-state index in [4.69, 9.17) is 0 Å². The number of nitrogens with one attached hydrogen (secondary N) is 1. The molecule has 0 saturated carbocycles. The fraction of sp³-hybridized carbons (Fsp3) is 0.750. The highest BCUT2D eigenvalue weighted by Crippen LogP contribution is 2.17. The molecule has 0 aromatic carbocycles. The highest BCUT2D eigenvalue weighted by molar-refractivity contribution is 5.80. The van der Waals surface area contributed by atoms with Gasteiger partial charge in [-0.25, -0.2) is 9.67 Å². The van der Waals surface area contributed by atoms with Gasteiger partial charge in [0.2, 0.25) is 0 Å². The van der Waals surface area contributed by atoms with Gasteiger partial charge < -0.3 is 5.32 Å². The molecule has 0 atom stereocenters. The molecule has 5 nitrogen and oxygen atoms in total. The maximum absolute atomic E-state index is 11.9. The number of carbonyl (C=O) groups is 1. The summed E-state index contributed by atoms with van der Waals surface area (Å²) < 4.78 is 1.79. The van der Waals surface area contributed by atoms with Crippen molar-refractivity contribution < 1.29 is 4.79 Å². The van der Waals surface area contributed by atoms with Gasteiger partial charge in [0, 0.05) is 13.0 Å². The van der Waals surface area contributed by atoms with Crippen molar-refractivity contribution in [3.8, 4) is 0 Å². The van der Waals surface area contributed by atoms with Crippen LogP contribution in [-0.2, 0) is 17.8 Å². The monoisotopic (exact) mass is 236 g/mol. The first-order valence-corrected chi connectivity index (χ1v) is 6.38. The molecule has 2 heterocycles. The quantitative estimate of drug-likeness (QED) is 0.821. The molecule has 0 bridgehead atoms. The first kappa shape index (κ1) is 12.2. The van der Waals surface area contributed by atoms with Crippen LogP contribution in [0.1, 0.15) is 32.0 Å². The predicted molar refractivity (Wildman–Crippen MR) is 64.6 cm³/mol. The molecule has 2 rings (SSSR count). The number of nitrogens with zero attached hydrogens (tertiary/aromatic N) is 3. The van der Waals surface area contributed by atoms with Crippen molar-refractivity contribution in [1.82, 2.24) is 20.1 Å². The number of rotatable bonds is 5. The highest BCUT2D eigenvalue weighted by Gasteiger charge is 2.18. The summed E-state index contributed by atoms with van der Waals surface area (Å²) in [5.41, 5.74) is 0. The van der Waals surface area contributed by atoms with Crippen LogP contribution < -0.4 is 5.32 Å². The number of carbonyl (C=O) groups excluding carboxylic acids is 1. The van der Waals surface area contributed by atoms with E-state index in [1.54, 1.807) is 4.68 Å². The van der Waals surface area contributed by atoms with E-state index < -0.39 is 0 Å². The van der Waals surface area contributed by atoms with Gasteiger partial charge in [-0.15, -0.1) is 0 Å². The normalized spacial score (nSPS) is 17.2. The Hall–Kier alpha value is -1.23. The van der Waals surface area contributed by atoms with Gasteiger partial charge >= 0.3 is 0 Å². The van der Waals surface area contributed by atoms with Crippen LogP contribution in [0.5, 0.6) is 0 Å². The number of hydrogen-bond acceptors (Lipinski definition) is 4. The lowest BCUT2D eigenvalue weighted by molar-refractivity contribution is -0.119. The number of aromatic nitrogens is 3. The van der Waals surface area contributed by atoms with Crippen molar-refractivity contribution in [2.45, 2.75) is 39.2 Å². The second kappa shape index (κ2) is 5.91. The Bertz CT molecular complexity index is 368. The van der Waals surface area contributed by atoms with Crippen molar-refractivity contribution in [2.24, 2.45) is 5.92 Å². The molecule has 0 amide bonds. The van der Waals surface area contributed by atoms with E-state index in [9.17, 15) is 4.79 Å². The smallest absolute Gasteiger partial charge is 0.140 e. The van der Waals surface area contributed by atoms with Crippen molar-refractivity contribution in [3.05, 3.63) is 12.2 Å². The highest BCUT2D eigenvalue weighted by atomic mass is 16.1. The van der Waals surface area contributed by atoms with Gasteiger partial charge in [0.15, 0.2) is 0 Å². The largest absolute Gasteiger partial charge is 0.317 e. The molecule has 0 spiro atoms. The lowest BCUT2D eigenvalue weighted by Gasteiger charge is -2.21. The Morgan fingerprint density at radius 3 is 3.00 bits per heavy atom. The molecular formula is C12H20N4O. The minimum atomic E-state index is 0.291. The average Bonchev–Trinajstić information content (AvgIpc) is 2.77. The van der Waals surface area contributed by atoms with Crippen LogP contribution in [0.15, 0.2) is 6.33 Å². The summed E-state index contributed by atoms with van der Waals surface area (Å²) in [7, 11) is 0. The maximum atomic E-state index is 11.9. The summed E-state index contributed by atoms with van der Waals surface area (Å²) in [6.45, 7) is 4.87. The van der Waals surface area contributed by atoms with Crippen molar-refractivity contribution in [1.29, 1.82) is 0 Å². The summed E-state index contributed by atoms with van der Waals surface area (Å²) in [5.74, 6) is 1.65. The van der Waals surface area contributed by atoms with E-state index in [1.165, 1.54) is 6.33 Å². The fourth-order valence-electron chi connectivity index (χ4n) is 2.35. The number of piperidine rings is 1. The van der Waals surface area contributed by atoms with Crippen LogP contribution in [0.25, 0.3) is 0 Å². The molecule has 0 unspecified atom stereocenters. The molecule has 0 radical (unpaired) electrons. The molecule has 94 valence electrons. The van der Waals surface area contributed by atoms with E-state index in [0.29, 0.717) is 24.5 Å². The van der Waals surface area contributed by atoms with E-state index in [-0.39, 0.29) is 0 Å². The number of hydrogen-bond donors (Lipinski definition) is 1. The van der Waals surface area contributed by atoms with Gasteiger partial charge in [-0.2, -0.15) is 5.10 Å². The molecule has 1 aliphatic heterocycles. The second-order valence-electron chi connectivity index (χ2n) is 4.60.